The molecule has 2 atom stereocenters. The molecule has 0 aromatic heterocycles. The molecule has 3 heteroatoms. The predicted molar refractivity (Wildman–Crippen MR) is 66.7 cm³/mol. The van der Waals surface area contributed by atoms with Crippen molar-refractivity contribution in [3.05, 3.63) is 0 Å². The lowest BCUT2D eigenvalue weighted by Gasteiger charge is -2.34. The molecule has 2 unspecified atom stereocenters. The summed E-state index contributed by atoms with van der Waals surface area (Å²) in [6.45, 7) is 10.2. The lowest BCUT2D eigenvalue weighted by atomic mass is 9.88. The molecule has 0 aromatic rings. The highest BCUT2D eigenvalue weighted by atomic mass is 16.5. The third-order valence-electron chi connectivity index (χ3n) is 3.34. The predicted octanol–water partition coefficient (Wildman–Crippen LogP) is 2.21. The van der Waals surface area contributed by atoms with Crippen molar-refractivity contribution in [2.45, 2.75) is 52.2 Å². The number of ether oxygens (including phenoxy) is 2. The van der Waals surface area contributed by atoms with E-state index in [1.54, 1.807) is 0 Å². The van der Waals surface area contributed by atoms with Gasteiger partial charge in [0.25, 0.3) is 0 Å². The van der Waals surface area contributed by atoms with Gasteiger partial charge in [0.2, 0.25) is 0 Å². The summed E-state index contributed by atoms with van der Waals surface area (Å²) in [4.78, 5) is 0. The molecule has 0 amide bonds. The minimum Gasteiger partial charge on any atom is -0.381 e. The molecule has 1 aliphatic rings. The second kappa shape index (κ2) is 8.04. The fourth-order valence-electron chi connectivity index (χ4n) is 2.47. The van der Waals surface area contributed by atoms with E-state index < -0.39 is 0 Å². The Balaban J connectivity index is 2.46. The van der Waals surface area contributed by atoms with Gasteiger partial charge in [-0.25, -0.2) is 0 Å². The van der Waals surface area contributed by atoms with Gasteiger partial charge in [-0.05, 0) is 45.6 Å². The van der Waals surface area contributed by atoms with Gasteiger partial charge in [-0.2, -0.15) is 0 Å². The highest BCUT2D eigenvalue weighted by molar-refractivity contribution is 4.83. The first-order valence-electron chi connectivity index (χ1n) is 6.72. The Morgan fingerprint density at radius 2 is 2.00 bits per heavy atom. The summed E-state index contributed by atoms with van der Waals surface area (Å²) >= 11 is 0. The van der Waals surface area contributed by atoms with Crippen molar-refractivity contribution in [2.75, 3.05) is 26.4 Å². The molecule has 1 saturated heterocycles. The maximum atomic E-state index is 5.75. The van der Waals surface area contributed by atoms with Crippen molar-refractivity contribution in [3.8, 4) is 0 Å². The first kappa shape index (κ1) is 13.9. The minimum atomic E-state index is 0.305. The Labute approximate surface area is 99.9 Å². The molecule has 1 fully saturated rings. The van der Waals surface area contributed by atoms with E-state index in [2.05, 4.69) is 26.1 Å². The van der Waals surface area contributed by atoms with Crippen LogP contribution in [-0.2, 0) is 9.47 Å². The van der Waals surface area contributed by atoms with Crippen LogP contribution in [0.15, 0.2) is 0 Å². The van der Waals surface area contributed by atoms with Gasteiger partial charge in [0.15, 0.2) is 0 Å². The van der Waals surface area contributed by atoms with Gasteiger partial charge in [0.1, 0.15) is 0 Å². The normalized spacial score (nSPS) is 21.9. The van der Waals surface area contributed by atoms with Crippen molar-refractivity contribution >= 4 is 0 Å². The number of hydrogen-bond donors (Lipinski definition) is 1. The minimum absolute atomic E-state index is 0.305. The molecular weight excluding hydrogens is 202 g/mol. The summed E-state index contributed by atoms with van der Waals surface area (Å²) in [5.41, 5.74) is 0. The summed E-state index contributed by atoms with van der Waals surface area (Å²) in [6, 6.07) is 0.490. The van der Waals surface area contributed by atoms with Crippen LogP contribution < -0.4 is 5.32 Å². The van der Waals surface area contributed by atoms with Crippen molar-refractivity contribution in [2.24, 2.45) is 5.92 Å². The quantitative estimate of drug-likeness (QED) is 0.726. The van der Waals surface area contributed by atoms with E-state index in [1.165, 1.54) is 19.3 Å². The largest absolute Gasteiger partial charge is 0.381 e. The Morgan fingerprint density at radius 1 is 1.31 bits per heavy atom. The molecule has 1 N–H and O–H groups in total. The molecule has 0 radical (unpaired) electrons. The van der Waals surface area contributed by atoms with E-state index in [-0.39, 0.29) is 0 Å². The zero-order chi connectivity index (χ0) is 11.8. The monoisotopic (exact) mass is 229 g/mol. The Hall–Kier alpha value is -0.120. The standard InChI is InChI=1S/C13H27NO2/c1-4-8-14-13(11(3)16-5-2)12-6-9-15-10-7-12/h11-14H,4-10H2,1-3H3. The van der Waals surface area contributed by atoms with Gasteiger partial charge in [0.05, 0.1) is 6.10 Å². The second-order valence-corrected chi connectivity index (χ2v) is 4.59. The molecule has 0 saturated carbocycles. The van der Waals surface area contributed by atoms with Crippen LogP contribution in [0.2, 0.25) is 0 Å². The fourth-order valence-corrected chi connectivity index (χ4v) is 2.47. The lowest BCUT2D eigenvalue weighted by molar-refractivity contribution is -0.00398. The van der Waals surface area contributed by atoms with E-state index in [0.717, 1.165) is 26.4 Å². The number of hydrogen-bond acceptors (Lipinski definition) is 3. The molecule has 0 spiro atoms. The molecule has 1 aliphatic heterocycles. The summed E-state index contributed by atoms with van der Waals surface area (Å²) in [5, 5.41) is 3.64. The maximum Gasteiger partial charge on any atom is 0.0702 e. The van der Waals surface area contributed by atoms with E-state index in [1.807, 2.05) is 0 Å². The van der Waals surface area contributed by atoms with Gasteiger partial charge in [-0.15, -0.1) is 0 Å². The molecular formula is C13H27NO2. The zero-order valence-corrected chi connectivity index (χ0v) is 11.0. The smallest absolute Gasteiger partial charge is 0.0702 e. The molecule has 16 heavy (non-hydrogen) atoms. The molecule has 1 rings (SSSR count). The van der Waals surface area contributed by atoms with E-state index in [9.17, 15) is 0 Å². The van der Waals surface area contributed by atoms with Gasteiger partial charge in [-0.1, -0.05) is 6.92 Å². The molecule has 0 aromatic carbocycles. The maximum absolute atomic E-state index is 5.75. The Morgan fingerprint density at radius 3 is 2.56 bits per heavy atom. The average molecular weight is 229 g/mol. The van der Waals surface area contributed by atoms with Crippen LogP contribution in [0, 0.1) is 5.92 Å². The van der Waals surface area contributed by atoms with Crippen LogP contribution in [0.3, 0.4) is 0 Å². The summed E-state index contributed by atoms with van der Waals surface area (Å²) in [5.74, 6) is 0.710. The topological polar surface area (TPSA) is 30.5 Å². The molecule has 3 nitrogen and oxygen atoms in total. The summed E-state index contributed by atoms with van der Waals surface area (Å²) in [6.07, 6.45) is 3.82. The lowest BCUT2D eigenvalue weighted by Crippen LogP contribution is -2.47. The van der Waals surface area contributed by atoms with Gasteiger partial charge >= 0.3 is 0 Å². The first-order chi connectivity index (χ1) is 7.79. The van der Waals surface area contributed by atoms with Gasteiger partial charge < -0.3 is 14.8 Å². The highest BCUT2D eigenvalue weighted by Gasteiger charge is 2.28. The third kappa shape index (κ3) is 4.40. The van der Waals surface area contributed by atoms with Crippen LogP contribution >= 0.6 is 0 Å². The van der Waals surface area contributed by atoms with Crippen LogP contribution in [-0.4, -0.2) is 38.5 Å². The summed E-state index contributed by atoms with van der Waals surface area (Å²) < 4.78 is 11.2. The van der Waals surface area contributed by atoms with Crippen LogP contribution in [0.4, 0.5) is 0 Å². The third-order valence-corrected chi connectivity index (χ3v) is 3.34. The molecule has 96 valence electrons. The fraction of sp³-hybridized carbons (Fsp3) is 1.00. The number of rotatable bonds is 7. The molecule has 0 bridgehead atoms. The molecule has 0 aliphatic carbocycles. The van der Waals surface area contributed by atoms with Crippen LogP contribution in [0.5, 0.6) is 0 Å². The summed E-state index contributed by atoms with van der Waals surface area (Å²) in [7, 11) is 0. The second-order valence-electron chi connectivity index (χ2n) is 4.59. The average Bonchev–Trinajstić information content (AvgIpc) is 2.31. The van der Waals surface area contributed by atoms with Crippen molar-refractivity contribution in [1.82, 2.24) is 5.32 Å². The Kier molecular flexibility index (Phi) is 7.01. The van der Waals surface area contributed by atoms with Crippen LogP contribution in [0.25, 0.3) is 0 Å². The molecule has 1 heterocycles. The van der Waals surface area contributed by atoms with Crippen molar-refractivity contribution in [1.29, 1.82) is 0 Å². The van der Waals surface area contributed by atoms with Gasteiger partial charge in [0, 0.05) is 25.9 Å². The first-order valence-corrected chi connectivity index (χ1v) is 6.72. The van der Waals surface area contributed by atoms with Gasteiger partial charge in [-0.3, -0.25) is 0 Å². The highest BCUT2D eigenvalue weighted by Crippen LogP contribution is 2.22. The Bertz CT molecular complexity index is 169. The SMILES string of the molecule is CCCNC(C1CCOCC1)C(C)OCC. The van der Waals surface area contributed by atoms with Crippen LogP contribution in [0.1, 0.15) is 40.0 Å². The van der Waals surface area contributed by atoms with E-state index >= 15 is 0 Å². The van der Waals surface area contributed by atoms with Crippen molar-refractivity contribution in [3.63, 3.8) is 0 Å². The zero-order valence-electron chi connectivity index (χ0n) is 11.0. The van der Waals surface area contributed by atoms with E-state index in [0.29, 0.717) is 18.1 Å². The number of nitrogens with one attached hydrogen (secondary N) is 1. The van der Waals surface area contributed by atoms with Crippen molar-refractivity contribution < 1.29 is 9.47 Å². The van der Waals surface area contributed by atoms with E-state index in [4.69, 9.17) is 9.47 Å².